The van der Waals surface area contributed by atoms with Crippen molar-refractivity contribution in [2.75, 3.05) is 6.61 Å². The summed E-state index contributed by atoms with van der Waals surface area (Å²) in [7, 11) is 0.168. The van der Waals surface area contributed by atoms with Crippen molar-refractivity contribution in [2.24, 2.45) is 0 Å². The first kappa shape index (κ1) is 14.6. The molecule has 0 aromatic rings. The van der Waals surface area contributed by atoms with Crippen molar-refractivity contribution in [3.05, 3.63) is 0 Å². The van der Waals surface area contributed by atoms with E-state index in [9.17, 15) is 24.3 Å². The Morgan fingerprint density at radius 2 is 2.18 bits per heavy atom. The molecule has 0 aromatic heterocycles. The van der Waals surface area contributed by atoms with Crippen molar-refractivity contribution in [2.45, 2.75) is 31.2 Å². The summed E-state index contributed by atoms with van der Waals surface area (Å²) in [5.74, 6) is -0.704. The van der Waals surface area contributed by atoms with E-state index in [-0.39, 0.29) is 0 Å². The molecule has 1 N–H and O–H groups in total. The van der Waals surface area contributed by atoms with E-state index in [1.165, 1.54) is 0 Å². The molecular weight excluding hydrogens is 254 g/mol. The van der Waals surface area contributed by atoms with Crippen LogP contribution in [0.5, 0.6) is 0 Å². The Hall–Kier alpha value is -0.435. The summed E-state index contributed by atoms with van der Waals surface area (Å²) in [6, 6.07) is -1.15. The average molecular weight is 264 g/mol. The molecule has 10 heteroatoms. The first-order valence-corrected chi connectivity index (χ1v) is 6.09. The highest BCUT2D eigenvalue weighted by Gasteiger charge is 2.43. The van der Waals surface area contributed by atoms with Crippen LogP contribution >= 0.6 is 7.82 Å². The molecule has 0 saturated carbocycles. The van der Waals surface area contributed by atoms with Gasteiger partial charge in [0, 0.05) is 12.9 Å². The van der Waals surface area contributed by atoms with Gasteiger partial charge in [0.25, 0.3) is 0 Å². The van der Waals surface area contributed by atoms with E-state index in [0.29, 0.717) is 0 Å². The molecule has 17 heavy (non-hydrogen) atoms. The maximum atomic E-state index is 10.7. The van der Waals surface area contributed by atoms with E-state index >= 15 is 0 Å². The lowest BCUT2D eigenvalue weighted by molar-refractivity contribution is -0.343. The Balaban J connectivity index is 2.62. The van der Waals surface area contributed by atoms with Crippen LogP contribution in [0.25, 0.3) is 0 Å². The molecule has 0 amide bonds. The fourth-order valence-electron chi connectivity index (χ4n) is 1.40. The third-order valence-electron chi connectivity index (χ3n) is 2.07. The molecule has 1 rings (SSSR count). The first-order valence-electron chi connectivity index (χ1n) is 4.63. The molecule has 0 aliphatic carbocycles. The second-order valence-corrected chi connectivity index (χ2v) is 4.60. The van der Waals surface area contributed by atoms with E-state index in [1.54, 1.807) is 0 Å². The summed E-state index contributed by atoms with van der Waals surface area (Å²) in [4.78, 5) is 31.3. The van der Waals surface area contributed by atoms with Crippen molar-refractivity contribution in [1.82, 2.24) is 0 Å². The zero-order valence-corrected chi connectivity index (χ0v) is 9.74. The third kappa shape index (κ3) is 4.38. The molecule has 4 atom stereocenters. The smallest absolute Gasteiger partial charge is 0.303 e. The molecule has 8 nitrogen and oxygen atoms in total. The van der Waals surface area contributed by atoms with Gasteiger partial charge in [-0.1, -0.05) is 0 Å². The van der Waals surface area contributed by atoms with Crippen LogP contribution in [0, 0.1) is 0 Å². The highest BCUT2D eigenvalue weighted by Crippen LogP contribution is 2.29. The van der Waals surface area contributed by atoms with Crippen LogP contribution in [-0.2, 0) is 23.4 Å². The monoisotopic (exact) mass is 264 g/mol. The molecule has 0 spiro atoms. The standard InChI is InChI=1S/C7H12BO8P/c1-3(9)15-6-4(2-14-17(11,12)13)16-7(8)5(6)10/h4-7,10H,2H2,1H3,(H2,11,12,13)/p-2/t4-,5-,6-,7-/m1/s1. The third-order valence-corrected chi connectivity index (χ3v) is 2.54. The molecule has 2 radical (unpaired) electrons. The van der Waals surface area contributed by atoms with Gasteiger partial charge in [0.15, 0.2) is 6.10 Å². The highest BCUT2D eigenvalue weighted by molar-refractivity contribution is 7.43. The molecule has 1 saturated heterocycles. The van der Waals surface area contributed by atoms with Crippen LogP contribution in [0.2, 0.25) is 0 Å². The maximum absolute atomic E-state index is 10.7. The van der Waals surface area contributed by atoms with Crippen LogP contribution in [0.4, 0.5) is 0 Å². The van der Waals surface area contributed by atoms with Crippen molar-refractivity contribution in [1.29, 1.82) is 0 Å². The second-order valence-electron chi connectivity index (χ2n) is 3.45. The number of phosphoric acid groups is 1. The summed E-state index contributed by atoms with van der Waals surface area (Å²) < 4.78 is 23.9. The van der Waals surface area contributed by atoms with Crippen LogP contribution in [0.15, 0.2) is 0 Å². The Bertz CT molecular complexity index is 330. The van der Waals surface area contributed by atoms with E-state index in [4.69, 9.17) is 17.3 Å². The molecular formula is C7H10BO8P-2. The Morgan fingerprint density at radius 3 is 2.65 bits per heavy atom. The first-order chi connectivity index (χ1) is 7.70. The molecule has 1 fully saturated rings. The van der Waals surface area contributed by atoms with Crippen molar-refractivity contribution in [3.63, 3.8) is 0 Å². The number of aliphatic hydroxyl groups is 1. The number of hydrogen-bond donors (Lipinski definition) is 1. The lowest BCUT2D eigenvalue weighted by Crippen LogP contribution is -2.38. The van der Waals surface area contributed by atoms with Gasteiger partial charge in [0.1, 0.15) is 20.1 Å². The summed E-state index contributed by atoms with van der Waals surface area (Å²) in [6.45, 7) is 0.424. The molecule has 96 valence electrons. The topological polar surface area (TPSA) is 128 Å². The molecule has 0 bridgehead atoms. The Morgan fingerprint density at radius 1 is 1.59 bits per heavy atom. The number of rotatable bonds is 4. The van der Waals surface area contributed by atoms with Crippen LogP contribution in [0.1, 0.15) is 6.92 Å². The lowest BCUT2D eigenvalue weighted by Gasteiger charge is -2.30. The molecule has 1 aliphatic heterocycles. The number of carbonyl (C=O) groups is 1. The summed E-state index contributed by atoms with van der Waals surface area (Å²) in [6.07, 6.45) is -3.60. The largest absolute Gasteiger partial charge is 0.790 e. The van der Waals surface area contributed by atoms with Gasteiger partial charge < -0.3 is 33.5 Å². The van der Waals surface area contributed by atoms with E-state index in [2.05, 4.69) is 4.52 Å². The van der Waals surface area contributed by atoms with Gasteiger partial charge in [-0.3, -0.25) is 4.79 Å². The zero-order valence-electron chi connectivity index (χ0n) is 8.85. The normalized spacial score (nSPS) is 33.6. The zero-order chi connectivity index (χ0) is 13.2. The van der Waals surface area contributed by atoms with Gasteiger partial charge in [0.2, 0.25) is 0 Å². The Kier molecular flexibility index (Phi) is 4.71. The van der Waals surface area contributed by atoms with Crippen molar-refractivity contribution < 1.29 is 38.3 Å². The number of aliphatic hydroxyl groups excluding tert-OH is 1. The van der Waals surface area contributed by atoms with Crippen LogP contribution < -0.4 is 9.79 Å². The van der Waals surface area contributed by atoms with Crippen molar-refractivity contribution in [3.8, 4) is 0 Å². The molecule has 1 heterocycles. The van der Waals surface area contributed by atoms with Crippen LogP contribution in [0.3, 0.4) is 0 Å². The molecule has 1 aliphatic rings. The van der Waals surface area contributed by atoms with Gasteiger partial charge >= 0.3 is 5.97 Å². The lowest BCUT2D eigenvalue weighted by atomic mass is 9.93. The van der Waals surface area contributed by atoms with Crippen molar-refractivity contribution >= 4 is 21.6 Å². The molecule has 0 aromatic carbocycles. The Labute approximate surface area is 98.5 Å². The minimum Gasteiger partial charge on any atom is -0.790 e. The minimum atomic E-state index is -5.16. The second kappa shape index (κ2) is 5.47. The summed E-state index contributed by atoms with van der Waals surface area (Å²) >= 11 is 0. The SMILES string of the molecule is [B][C@@H]1O[C@H](COP(=O)([O-])[O-])[C@@H](OC(C)=O)[C@H]1O. The number of esters is 1. The fraction of sp³-hybridized carbons (Fsp3) is 0.857. The summed E-state index contributed by atoms with van der Waals surface area (Å²) in [5, 5.41) is 9.50. The number of phosphoric ester groups is 1. The number of ether oxygens (including phenoxy) is 2. The minimum absolute atomic E-state index is 0.674. The fourth-order valence-corrected chi connectivity index (χ4v) is 1.73. The van der Waals surface area contributed by atoms with Gasteiger partial charge in [-0.05, 0) is 0 Å². The van der Waals surface area contributed by atoms with Gasteiger partial charge in [0.05, 0.1) is 14.4 Å². The van der Waals surface area contributed by atoms with Gasteiger partial charge in [-0.25, -0.2) is 0 Å². The van der Waals surface area contributed by atoms with E-state index in [0.717, 1.165) is 6.92 Å². The predicted octanol–water partition coefficient (Wildman–Crippen LogP) is -2.98. The highest BCUT2D eigenvalue weighted by atomic mass is 31.2. The van der Waals surface area contributed by atoms with E-state index < -0.39 is 44.7 Å². The van der Waals surface area contributed by atoms with Gasteiger partial charge in [-0.15, -0.1) is 0 Å². The number of carbonyl (C=O) groups excluding carboxylic acids is 1. The average Bonchev–Trinajstić information content (AvgIpc) is 2.41. The molecule has 0 unspecified atom stereocenters. The predicted molar refractivity (Wildman–Crippen MR) is 49.5 cm³/mol. The van der Waals surface area contributed by atoms with E-state index in [1.807, 2.05) is 0 Å². The number of hydrogen-bond acceptors (Lipinski definition) is 8. The summed E-state index contributed by atoms with van der Waals surface area (Å²) in [5.41, 5.74) is 0. The maximum Gasteiger partial charge on any atom is 0.303 e. The quantitative estimate of drug-likeness (QED) is 0.323. The van der Waals surface area contributed by atoms with Gasteiger partial charge in [-0.2, -0.15) is 0 Å². The van der Waals surface area contributed by atoms with Crippen LogP contribution in [-0.4, -0.2) is 49.8 Å².